The fraction of sp³-hybridized carbons (Fsp3) is 0.458. The summed E-state index contributed by atoms with van der Waals surface area (Å²) >= 11 is 0. The van der Waals surface area contributed by atoms with Gasteiger partial charge in [0.05, 0.1) is 6.61 Å². The van der Waals surface area contributed by atoms with Crippen LogP contribution in [0.2, 0.25) is 0 Å². The summed E-state index contributed by atoms with van der Waals surface area (Å²) in [7, 11) is 1.59. The van der Waals surface area contributed by atoms with Crippen molar-refractivity contribution in [2.24, 2.45) is 0 Å². The zero-order valence-corrected chi connectivity index (χ0v) is 18.9. The number of rotatable bonds is 9. The molecule has 8 heteroatoms. The Bertz CT molecular complexity index is 893. The Balaban J connectivity index is 1.55. The molecule has 1 aromatic heterocycles. The van der Waals surface area contributed by atoms with Gasteiger partial charge in [0, 0.05) is 31.0 Å². The van der Waals surface area contributed by atoms with Gasteiger partial charge in [-0.25, -0.2) is 4.98 Å². The van der Waals surface area contributed by atoms with Gasteiger partial charge in [0.2, 0.25) is 5.88 Å². The fourth-order valence-electron chi connectivity index (χ4n) is 3.85. The smallest absolute Gasteiger partial charge is 0.260 e. The highest BCUT2D eigenvalue weighted by Crippen LogP contribution is 2.24. The van der Waals surface area contributed by atoms with E-state index in [1.807, 2.05) is 4.90 Å². The number of pyridine rings is 1. The average molecular weight is 442 g/mol. The minimum Gasteiger partial charge on any atom is -0.484 e. The largest absolute Gasteiger partial charge is 0.484 e. The van der Waals surface area contributed by atoms with E-state index in [2.05, 4.69) is 24.1 Å². The van der Waals surface area contributed by atoms with Gasteiger partial charge in [-0.15, -0.1) is 0 Å². The predicted molar refractivity (Wildman–Crippen MR) is 121 cm³/mol. The van der Waals surface area contributed by atoms with Crippen LogP contribution in [0.25, 0.3) is 0 Å². The highest BCUT2D eigenvalue weighted by atomic mass is 16.5. The van der Waals surface area contributed by atoms with Crippen molar-refractivity contribution < 1.29 is 23.8 Å². The Morgan fingerprint density at radius 1 is 1.06 bits per heavy atom. The normalized spacial score (nSPS) is 18.2. The number of hydrogen-bond donors (Lipinski definition) is 1. The lowest BCUT2D eigenvalue weighted by atomic mass is 9.97. The minimum absolute atomic E-state index is 0.0101. The molecular formula is C24H31N3O5. The third kappa shape index (κ3) is 6.20. The fourth-order valence-corrected chi connectivity index (χ4v) is 3.85. The number of hydrogen-bond acceptors (Lipinski definition) is 6. The van der Waals surface area contributed by atoms with Crippen LogP contribution in [0.5, 0.6) is 11.6 Å². The average Bonchev–Trinajstić information content (AvgIpc) is 2.79. The number of carbonyl (C=O) groups excluding carboxylic acids is 2. The quantitative estimate of drug-likeness (QED) is 0.599. The molecule has 2 heterocycles. The number of methoxy groups -OCH3 is 1. The van der Waals surface area contributed by atoms with E-state index >= 15 is 0 Å². The number of anilines is 1. The molecule has 1 N–H and O–H groups in total. The number of nitrogens with zero attached hydrogens (tertiary/aromatic N) is 2. The second-order valence-corrected chi connectivity index (χ2v) is 7.89. The van der Waals surface area contributed by atoms with Crippen LogP contribution < -0.4 is 14.8 Å². The molecule has 3 rings (SSSR count). The van der Waals surface area contributed by atoms with E-state index in [9.17, 15) is 9.59 Å². The summed E-state index contributed by atoms with van der Waals surface area (Å²) < 4.78 is 16.2. The van der Waals surface area contributed by atoms with Crippen LogP contribution >= 0.6 is 0 Å². The van der Waals surface area contributed by atoms with Crippen LogP contribution in [0.15, 0.2) is 42.6 Å². The summed E-state index contributed by atoms with van der Waals surface area (Å²) in [5.74, 6) is 0.562. The first-order valence-electron chi connectivity index (χ1n) is 10.9. The van der Waals surface area contributed by atoms with Crippen molar-refractivity contribution in [2.75, 3.05) is 32.2 Å². The maximum absolute atomic E-state index is 12.6. The van der Waals surface area contributed by atoms with Crippen molar-refractivity contribution in [1.82, 2.24) is 9.88 Å². The van der Waals surface area contributed by atoms with Crippen molar-refractivity contribution >= 4 is 17.5 Å². The lowest BCUT2D eigenvalue weighted by molar-refractivity contribution is -0.139. The van der Waals surface area contributed by atoms with Crippen LogP contribution in [0, 0.1) is 0 Å². The van der Waals surface area contributed by atoms with Gasteiger partial charge in [0.25, 0.3) is 11.8 Å². The highest BCUT2D eigenvalue weighted by Gasteiger charge is 2.29. The molecule has 32 heavy (non-hydrogen) atoms. The predicted octanol–water partition coefficient (Wildman–Crippen LogP) is 3.53. The molecule has 1 aliphatic rings. The number of ether oxygens (including phenoxy) is 3. The van der Waals surface area contributed by atoms with Crippen molar-refractivity contribution in [1.29, 1.82) is 0 Å². The molecule has 1 saturated heterocycles. The van der Waals surface area contributed by atoms with Crippen molar-refractivity contribution in [3.63, 3.8) is 0 Å². The maximum Gasteiger partial charge on any atom is 0.260 e. The molecule has 172 valence electrons. The van der Waals surface area contributed by atoms with E-state index in [0.29, 0.717) is 36.1 Å². The molecule has 0 spiro atoms. The number of benzene rings is 1. The summed E-state index contributed by atoms with van der Waals surface area (Å²) in [5, 5.41) is 2.81. The third-order valence-electron chi connectivity index (χ3n) is 5.51. The first kappa shape index (κ1) is 23.5. The SMILES string of the molecule is COCCOc1ncccc1NC(=O)c1ccc(OCC(=O)N2C(C)CCCC2C)cc1. The van der Waals surface area contributed by atoms with E-state index in [1.54, 1.807) is 49.7 Å². The van der Waals surface area contributed by atoms with Crippen LogP contribution in [-0.4, -0.2) is 60.7 Å². The molecule has 2 unspecified atom stereocenters. The van der Waals surface area contributed by atoms with Crippen LogP contribution in [-0.2, 0) is 9.53 Å². The Morgan fingerprint density at radius 3 is 2.47 bits per heavy atom. The molecule has 2 atom stereocenters. The first-order valence-corrected chi connectivity index (χ1v) is 10.9. The molecule has 0 saturated carbocycles. The summed E-state index contributed by atoms with van der Waals surface area (Å²) in [6, 6.07) is 10.6. The van der Waals surface area contributed by atoms with E-state index in [0.717, 1.165) is 19.3 Å². The first-order chi connectivity index (χ1) is 15.5. The molecule has 1 fully saturated rings. The van der Waals surface area contributed by atoms with Gasteiger partial charge in [0.15, 0.2) is 6.61 Å². The lowest BCUT2D eigenvalue weighted by Crippen LogP contribution is -2.49. The van der Waals surface area contributed by atoms with Gasteiger partial charge in [-0.1, -0.05) is 0 Å². The number of amides is 2. The van der Waals surface area contributed by atoms with E-state index in [1.165, 1.54) is 0 Å². The number of nitrogens with one attached hydrogen (secondary N) is 1. The van der Waals surface area contributed by atoms with Gasteiger partial charge in [-0.05, 0) is 69.5 Å². The van der Waals surface area contributed by atoms with Gasteiger partial charge >= 0.3 is 0 Å². The van der Waals surface area contributed by atoms with E-state index in [-0.39, 0.29) is 30.5 Å². The van der Waals surface area contributed by atoms with Crippen LogP contribution in [0.1, 0.15) is 43.5 Å². The number of aromatic nitrogens is 1. The Hall–Kier alpha value is -3.13. The number of likely N-dealkylation sites (tertiary alicyclic amines) is 1. The van der Waals surface area contributed by atoms with Gasteiger partial charge < -0.3 is 24.4 Å². The summed E-state index contributed by atoms with van der Waals surface area (Å²) in [6.07, 6.45) is 4.79. The van der Waals surface area contributed by atoms with Crippen molar-refractivity contribution in [3.05, 3.63) is 48.2 Å². The van der Waals surface area contributed by atoms with Gasteiger partial charge in [-0.2, -0.15) is 0 Å². The van der Waals surface area contributed by atoms with Crippen LogP contribution in [0.3, 0.4) is 0 Å². The van der Waals surface area contributed by atoms with Crippen molar-refractivity contribution in [3.8, 4) is 11.6 Å². The summed E-state index contributed by atoms with van der Waals surface area (Å²) in [4.78, 5) is 31.3. The van der Waals surface area contributed by atoms with Crippen LogP contribution in [0.4, 0.5) is 5.69 Å². The maximum atomic E-state index is 12.6. The molecule has 0 aliphatic carbocycles. The summed E-state index contributed by atoms with van der Waals surface area (Å²) in [5.41, 5.74) is 0.929. The Labute approximate surface area is 188 Å². The molecule has 2 aromatic rings. The zero-order chi connectivity index (χ0) is 22.9. The minimum atomic E-state index is -0.298. The zero-order valence-electron chi connectivity index (χ0n) is 18.9. The Morgan fingerprint density at radius 2 is 1.78 bits per heavy atom. The monoisotopic (exact) mass is 441 g/mol. The third-order valence-corrected chi connectivity index (χ3v) is 5.51. The molecule has 1 aromatic carbocycles. The van der Waals surface area contributed by atoms with Crippen molar-refractivity contribution in [2.45, 2.75) is 45.2 Å². The number of carbonyl (C=O) groups is 2. The summed E-state index contributed by atoms with van der Waals surface area (Å²) in [6.45, 7) is 4.90. The highest BCUT2D eigenvalue weighted by molar-refractivity contribution is 6.04. The second kappa shape index (κ2) is 11.5. The Kier molecular flexibility index (Phi) is 8.44. The molecular weight excluding hydrogens is 410 g/mol. The van der Waals surface area contributed by atoms with Gasteiger partial charge in [0.1, 0.15) is 18.0 Å². The molecule has 2 amide bonds. The second-order valence-electron chi connectivity index (χ2n) is 7.89. The van der Waals surface area contributed by atoms with Gasteiger partial charge in [-0.3, -0.25) is 9.59 Å². The molecule has 0 bridgehead atoms. The van der Waals surface area contributed by atoms with E-state index < -0.39 is 0 Å². The molecule has 0 radical (unpaired) electrons. The van der Waals surface area contributed by atoms with E-state index in [4.69, 9.17) is 14.2 Å². The standard InChI is InChI=1S/C24H31N3O5/c1-17-6-4-7-18(2)27(17)22(28)16-32-20-11-9-19(10-12-20)23(29)26-21-8-5-13-25-24(21)31-15-14-30-3/h5,8-13,17-18H,4,6-7,14-16H2,1-3H3,(H,26,29). The molecule has 1 aliphatic heterocycles. The lowest BCUT2D eigenvalue weighted by Gasteiger charge is -2.38. The molecule has 8 nitrogen and oxygen atoms in total. The number of piperidine rings is 1. The topological polar surface area (TPSA) is 90.0 Å².